The summed E-state index contributed by atoms with van der Waals surface area (Å²) >= 11 is 0. The fourth-order valence-electron chi connectivity index (χ4n) is 4.91. The van der Waals surface area contributed by atoms with E-state index in [9.17, 15) is 26.4 Å². The molecule has 0 fully saturated rings. The quantitative estimate of drug-likeness (QED) is 0.505. The van der Waals surface area contributed by atoms with Crippen molar-refractivity contribution in [3.8, 4) is 5.75 Å². The van der Waals surface area contributed by atoms with Gasteiger partial charge in [-0.2, -0.15) is 13.2 Å². The molecule has 0 bridgehead atoms. The monoisotopic (exact) mass is 522 g/mol. The maximum absolute atomic E-state index is 13.3. The van der Waals surface area contributed by atoms with Crippen molar-refractivity contribution in [2.75, 3.05) is 21.9 Å². The summed E-state index contributed by atoms with van der Waals surface area (Å²) in [7, 11) is -3.41. The van der Waals surface area contributed by atoms with Crippen molar-refractivity contribution < 1.29 is 31.1 Å². The molecular weight excluding hydrogens is 493 g/mol. The van der Waals surface area contributed by atoms with Gasteiger partial charge in [0.2, 0.25) is 15.9 Å². The standard InChI is InChI=1S/C26H29F3N2O4S/c1-4-25(5-2)16-17(19-11-10-18(26(27,28)29)15-23(19)35-25)14-24(32)30-21-8-7-9-22-20(21)12-13-36(33,34)31(22)6-3/h7-11,14-15H,4-6,12-13,16H2,1-3H3,(H,30,32). The second kappa shape index (κ2) is 9.46. The van der Waals surface area contributed by atoms with Gasteiger partial charge in [-0.25, -0.2) is 8.42 Å². The number of amides is 1. The number of sulfonamides is 1. The molecule has 0 atom stereocenters. The van der Waals surface area contributed by atoms with E-state index in [4.69, 9.17) is 4.74 Å². The lowest BCUT2D eigenvalue weighted by atomic mass is 9.83. The van der Waals surface area contributed by atoms with E-state index in [0.717, 1.165) is 17.7 Å². The molecule has 10 heteroatoms. The van der Waals surface area contributed by atoms with E-state index in [0.29, 0.717) is 41.8 Å². The van der Waals surface area contributed by atoms with E-state index in [1.807, 2.05) is 13.8 Å². The maximum Gasteiger partial charge on any atom is 0.416 e. The van der Waals surface area contributed by atoms with Gasteiger partial charge in [-0.3, -0.25) is 9.10 Å². The smallest absolute Gasteiger partial charge is 0.416 e. The Bertz CT molecular complexity index is 1310. The fraction of sp³-hybridized carbons (Fsp3) is 0.423. The van der Waals surface area contributed by atoms with Crippen molar-refractivity contribution in [3.05, 3.63) is 59.2 Å². The number of carbonyl (C=O) groups is 1. The zero-order valence-corrected chi connectivity index (χ0v) is 21.2. The number of carbonyl (C=O) groups excluding carboxylic acids is 1. The summed E-state index contributed by atoms with van der Waals surface area (Å²) in [5.74, 6) is -0.382. The number of hydrogen-bond donors (Lipinski definition) is 1. The van der Waals surface area contributed by atoms with Crippen LogP contribution >= 0.6 is 0 Å². The molecule has 2 aromatic carbocycles. The molecule has 194 valence electrons. The fourth-order valence-corrected chi connectivity index (χ4v) is 6.45. The lowest BCUT2D eigenvalue weighted by molar-refractivity contribution is -0.137. The highest BCUT2D eigenvalue weighted by Crippen LogP contribution is 2.45. The highest BCUT2D eigenvalue weighted by molar-refractivity contribution is 7.92. The highest BCUT2D eigenvalue weighted by Gasteiger charge is 2.38. The van der Waals surface area contributed by atoms with Gasteiger partial charge < -0.3 is 10.1 Å². The number of benzene rings is 2. The Kier molecular flexibility index (Phi) is 6.85. The molecule has 1 N–H and O–H groups in total. The molecule has 0 aliphatic carbocycles. The summed E-state index contributed by atoms with van der Waals surface area (Å²) in [4.78, 5) is 13.1. The van der Waals surface area contributed by atoms with Gasteiger partial charge in [-0.05, 0) is 56.0 Å². The average molecular weight is 523 g/mol. The number of rotatable bonds is 5. The van der Waals surface area contributed by atoms with Crippen molar-refractivity contribution in [3.63, 3.8) is 0 Å². The van der Waals surface area contributed by atoms with E-state index in [-0.39, 0.29) is 24.5 Å². The summed E-state index contributed by atoms with van der Waals surface area (Å²) in [5.41, 5.74) is 1.31. The van der Waals surface area contributed by atoms with Crippen molar-refractivity contribution in [1.82, 2.24) is 0 Å². The van der Waals surface area contributed by atoms with Crippen LogP contribution in [0.15, 0.2) is 42.5 Å². The zero-order valence-electron chi connectivity index (χ0n) is 20.4. The first-order chi connectivity index (χ1) is 16.9. The van der Waals surface area contributed by atoms with Crippen molar-refractivity contribution in [2.45, 2.75) is 58.2 Å². The molecule has 2 aliphatic heterocycles. The number of nitrogens with one attached hydrogen (secondary N) is 1. The molecule has 1 amide bonds. The summed E-state index contributed by atoms with van der Waals surface area (Å²) in [6.07, 6.45) is -1.33. The van der Waals surface area contributed by atoms with Crippen LogP contribution in [-0.4, -0.2) is 32.2 Å². The van der Waals surface area contributed by atoms with Gasteiger partial charge in [0.25, 0.3) is 0 Å². The number of anilines is 2. The van der Waals surface area contributed by atoms with Gasteiger partial charge in [0.15, 0.2) is 0 Å². The topological polar surface area (TPSA) is 75.7 Å². The van der Waals surface area contributed by atoms with Crippen molar-refractivity contribution in [1.29, 1.82) is 0 Å². The maximum atomic E-state index is 13.3. The van der Waals surface area contributed by atoms with Crippen LogP contribution in [0.4, 0.5) is 24.5 Å². The Balaban J connectivity index is 1.70. The molecule has 2 heterocycles. The predicted molar refractivity (Wildman–Crippen MR) is 134 cm³/mol. The first kappa shape index (κ1) is 26.1. The second-order valence-corrected chi connectivity index (χ2v) is 11.1. The third-order valence-electron chi connectivity index (χ3n) is 7.00. The van der Waals surface area contributed by atoms with Crippen molar-refractivity contribution >= 4 is 32.9 Å². The van der Waals surface area contributed by atoms with Crippen LogP contribution in [0.3, 0.4) is 0 Å². The third kappa shape index (κ3) is 4.83. The number of nitrogens with zero attached hydrogens (tertiary/aromatic N) is 1. The Morgan fingerprint density at radius 3 is 2.53 bits per heavy atom. The normalized spacial score (nSPS) is 19.3. The minimum atomic E-state index is -4.51. The highest BCUT2D eigenvalue weighted by atomic mass is 32.2. The molecule has 2 aliphatic rings. The molecule has 0 spiro atoms. The van der Waals surface area contributed by atoms with Crippen LogP contribution < -0.4 is 14.4 Å². The first-order valence-electron chi connectivity index (χ1n) is 12.0. The van der Waals surface area contributed by atoms with Crippen LogP contribution in [0, 0.1) is 0 Å². The molecule has 4 rings (SSSR count). The van der Waals surface area contributed by atoms with Gasteiger partial charge in [0.05, 0.1) is 17.0 Å². The van der Waals surface area contributed by atoms with E-state index < -0.39 is 33.3 Å². The Morgan fingerprint density at radius 1 is 1.17 bits per heavy atom. The van der Waals surface area contributed by atoms with Gasteiger partial charge in [-0.15, -0.1) is 0 Å². The van der Waals surface area contributed by atoms with Crippen LogP contribution in [0.2, 0.25) is 0 Å². The average Bonchev–Trinajstić information content (AvgIpc) is 2.82. The van der Waals surface area contributed by atoms with Gasteiger partial charge in [-0.1, -0.05) is 26.0 Å². The van der Waals surface area contributed by atoms with E-state index in [1.54, 1.807) is 25.1 Å². The molecule has 2 aromatic rings. The lowest BCUT2D eigenvalue weighted by Gasteiger charge is -2.39. The summed E-state index contributed by atoms with van der Waals surface area (Å²) < 4.78 is 72.3. The zero-order chi connectivity index (χ0) is 26.3. The summed E-state index contributed by atoms with van der Waals surface area (Å²) in [6.45, 7) is 5.85. The van der Waals surface area contributed by atoms with Crippen molar-refractivity contribution in [2.24, 2.45) is 0 Å². The summed E-state index contributed by atoms with van der Waals surface area (Å²) in [6, 6.07) is 8.46. The molecule has 0 aromatic heterocycles. The number of halogens is 3. The van der Waals surface area contributed by atoms with Gasteiger partial charge in [0.1, 0.15) is 11.4 Å². The van der Waals surface area contributed by atoms with Crippen LogP contribution in [0.25, 0.3) is 5.57 Å². The third-order valence-corrected chi connectivity index (χ3v) is 8.85. The predicted octanol–water partition coefficient (Wildman–Crippen LogP) is 5.78. The molecule has 0 radical (unpaired) electrons. The number of ether oxygens (including phenoxy) is 1. The van der Waals surface area contributed by atoms with Gasteiger partial charge in [0, 0.05) is 35.9 Å². The molecule has 6 nitrogen and oxygen atoms in total. The Morgan fingerprint density at radius 2 is 1.89 bits per heavy atom. The largest absolute Gasteiger partial charge is 0.486 e. The number of fused-ring (bicyclic) bond motifs is 2. The molecular formula is C26H29F3N2O4S. The Labute approximate surface area is 209 Å². The summed E-state index contributed by atoms with van der Waals surface area (Å²) in [5, 5.41) is 2.86. The molecule has 0 unspecified atom stereocenters. The number of alkyl halides is 3. The minimum Gasteiger partial charge on any atom is -0.486 e. The van der Waals surface area contributed by atoms with E-state index >= 15 is 0 Å². The molecule has 0 saturated carbocycles. The van der Waals surface area contributed by atoms with Gasteiger partial charge >= 0.3 is 6.18 Å². The Hall–Kier alpha value is -3.01. The SMILES string of the molecule is CCN1c2cccc(NC(=O)C=C3CC(CC)(CC)Oc4cc(C(F)(F)F)ccc43)c2CCS1(=O)=O. The van der Waals surface area contributed by atoms with Crippen LogP contribution in [0.1, 0.15) is 56.7 Å². The second-order valence-electron chi connectivity index (χ2n) is 9.07. The molecule has 36 heavy (non-hydrogen) atoms. The first-order valence-corrected chi connectivity index (χ1v) is 13.6. The lowest BCUT2D eigenvalue weighted by Crippen LogP contribution is -2.38. The minimum absolute atomic E-state index is 0.0520. The van der Waals surface area contributed by atoms with E-state index in [1.165, 1.54) is 16.4 Å². The van der Waals surface area contributed by atoms with Crippen LogP contribution in [-0.2, 0) is 27.4 Å². The van der Waals surface area contributed by atoms with E-state index in [2.05, 4.69) is 5.32 Å². The van der Waals surface area contributed by atoms with Crippen LogP contribution in [0.5, 0.6) is 5.75 Å². The molecule has 0 saturated heterocycles. The number of hydrogen-bond acceptors (Lipinski definition) is 4.